The van der Waals surface area contributed by atoms with Gasteiger partial charge in [-0.2, -0.15) is 5.10 Å². The van der Waals surface area contributed by atoms with E-state index in [4.69, 9.17) is 0 Å². The molecular weight excluding hydrogens is 280 g/mol. The molecule has 1 saturated heterocycles. The second kappa shape index (κ2) is 8.41. The standard InChI is InChI=1S/C15H26N6O/c1-16-14(22)12-13-4-9-20(10-5-13)15(17-2)18-7-11-21-8-3-6-19-21/h3,6,8,13H,4-5,7,9-12H2,1-2H3,(H,16,22)(H,17,18). The van der Waals surface area contributed by atoms with Crippen LogP contribution >= 0.6 is 0 Å². The second-order valence-electron chi connectivity index (χ2n) is 5.55. The summed E-state index contributed by atoms with van der Waals surface area (Å²) >= 11 is 0. The van der Waals surface area contributed by atoms with Crippen molar-refractivity contribution in [3.05, 3.63) is 18.5 Å². The Morgan fingerprint density at radius 1 is 1.41 bits per heavy atom. The topological polar surface area (TPSA) is 74.5 Å². The third-order valence-corrected chi connectivity index (χ3v) is 4.06. The van der Waals surface area contributed by atoms with Crippen molar-refractivity contribution in [1.82, 2.24) is 25.3 Å². The van der Waals surface area contributed by atoms with Crippen LogP contribution in [0.1, 0.15) is 19.3 Å². The fourth-order valence-electron chi connectivity index (χ4n) is 2.76. The van der Waals surface area contributed by atoms with Crippen molar-refractivity contribution in [3.63, 3.8) is 0 Å². The first kappa shape index (κ1) is 16.3. The lowest BCUT2D eigenvalue weighted by molar-refractivity contribution is -0.121. The molecule has 1 amide bonds. The predicted molar refractivity (Wildman–Crippen MR) is 86.6 cm³/mol. The highest BCUT2D eigenvalue weighted by atomic mass is 16.1. The normalized spacial score (nSPS) is 16.6. The highest BCUT2D eigenvalue weighted by molar-refractivity contribution is 5.80. The Balaban J connectivity index is 1.72. The van der Waals surface area contributed by atoms with Gasteiger partial charge in [-0.25, -0.2) is 0 Å². The van der Waals surface area contributed by atoms with Crippen molar-refractivity contribution in [1.29, 1.82) is 0 Å². The molecule has 2 rings (SSSR count). The molecule has 0 radical (unpaired) electrons. The number of amides is 1. The molecule has 0 saturated carbocycles. The monoisotopic (exact) mass is 306 g/mol. The highest BCUT2D eigenvalue weighted by Gasteiger charge is 2.22. The van der Waals surface area contributed by atoms with E-state index in [1.54, 1.807) is 13.2 Å². The zero-order valence-corrected chi connectivity index (χ0v) is 13.5. The van der Waals surface area contributed by atoms with E-state index in [1.807, 2.05) is 24.0 Å². The molecule has 1 aliphatic rings. The summed E-state index contributed by atoms with van der Waals surface area (Å²) in [6.45, 7) is 3.51. The Morgan fingerprint density at radius 2 is 2.18 bits per heavy atom. The Hall–Kier alpha value is -2.05. The van der Waals surface area contributed by atoms with Gasteiger partial charge in [0.25, 0.3) is 0 Å². The quantitative estimate of drug-likeness (QED) is 0.606. The van der Waals surface area contributed by atoms with E-state index in [0.29, 0.717) is 12.3 Å². The Bertz CT molecular complexity index is 476. The summed E-state index contributed by atoms with van der Waals surface area (Å²) in [6, 6.07) is 1.92. The minimum absolute atomic E-state index is 0.139. The summed E-state index contributed by atoms with van der Waals surface area (Å²) in [4.78, 5) is 18.1. The van der Waals surface area contributed by atoms with Gasteiger partial charge in [0, 0.05) is 52.5 Å². The number of carbonyl (C=O) groups is 1. The molecule has 7 nitrogen and oxygen atoms in total. The Labute approximate surface area is 131 Å². The minimum atomic E-state index is 0.139. The van der Waals surface area contributed by atoms with Gasteiger partial charge in [-0.3, -0.25) is 14.5 Å². The molecular formula is C15H26N6O. The first-order valence-corrected chi connectivity index (χ1v) is 7.86. The molecule has 2 heterocycles. The van der Waals surface area contributed by atoms with Gasteiger partial charge >= 0.3 is 0 Å². The van der Waals surface area contributed by atoms with Crippen molar-refractivity contribution in [2.75, 3.05) is 33.7 Å². The third kappa shape index (κ3) is 4.75. The van der Waals surface area contributed by atoms with Crippen LogP contribution in [0.25, 0.3) is 0 Å². The fourth-order valence-corrected chi connectivity index (χ4v) is 2.76. The van der Waals surface area contributed by atoms with Crippen LogP contribution in [0.15, 0.2) is 23.5 Å². The van der Waals surface area contributed by atoms with Crippen LogP contribution < -0.4 is 10.6 Å². The molecule has 0 bridgehead atoms. The molecule has 0 atom stereocenters. The molecule has 0 unspecified atom stereocenters. The second-order valence-corrected chi connectivity index (χ2v) is 5.55. The SMILES string of the molecule is CN=C(NCCn1cccn1)N1CCC(CC(=O)NC)CC1. The van der Waals surface area contributed by atoms with Gasteiger partial charge in [0.15, 0.2) is 5.96 Å². The Kier molecular flexibility index (Phi) is 6.24. The van der Waals surface area contributed by atoms with E-state index >= 15 is 0 Å². The molecule has 1 aromatic heterocycles. The van der Waals surface area contributed by atoms with Crippen molar-refractivity contribution in [2.45, 2.75) is 25.8 Å². The summed E-state index contributed by atoms with van der Waals surface area (Å²) in [6.07, 6.45) is 6.44. The third-order valence-electron chi connectivity index (χ3n) is 4.06. The lowest BCUT2D eigenvalue weighted by atomic mass is 9.93. The van der Waals surface area contributed by atoms with Crippen molar-refractivity contribution in [3.8, 4) is 0 Å². The molecule has 1 aromatic rings. The number of nitrogens with zero attached hydrogens (tertiary/aromatic N) is 4. The summed E-state index contributed by atoms with van der Waals surface area (Å²) in [5.41, 5.74) is 0. The number of hydrogen-bond acceptors (Lipinski definition) is 3. The van der Waals surface area contributed by atoms with Crippen molar-refractivity contribution in [2.24, 2.45) is 10.9 Å². The number of likely N-dealkylation sites (tertiary alicyclic amines) is 1. The van der Waals surface area contributed by atoms with Crippen LogP contribution in [0.2, 0.25) is 0 Å². The van der Waals surface area contributed by atoms with Gasteiger partial charge in [-0.1, -0.05) is 0 Å². The maximum absolute atomic E-state index is 11.4. The first-order chi connectivity index (χ1) is 10.7. The van der Waals surface area contributed by atoms with E-state index in [9.17, 15) is 4.79 Å². The molecule has 1 fully saturated rings. The Morgan fingerprint density at radius 3 is 2.77 bits per heavy atom. The summed E-state index contributed by atoms with van der Waals surface area (Å²) in [5, 5.41) is 10.3. The number of nitrogens with one attached hydrogen (secondary N) is 2. The predicted octanol–water partition coefficient (Wildman–Crippen LogP) is 0.307. The molecule has 2 N–H and O–H groups in total. The zero-order valence-electron chi connectivity index (χ0n) is 13.5. The average Bonchev–Trinajstić information content (AvgIpc) is 3.06. The number of guanidine groups is 1. The van der Waals surface area contributed by atoms with Crippen LogP contribution in [-0.2, 0) is 11.3 Å². The number of piperidine rings is 1. The molecule has 122 valence electrons. The first-order valence-electron chi connectivity index (χ1n) is 7.86. The maximum Gasteiger partial charge on any atom is 0.220 e. The average molecular weight is 306 g/mol. The fraction of sp³-hybridized carbons (Fsp3) is 0.667. The summed E-state index contributed by atoms with van der Waals surface area (Å²) < 4.78 is 1.90. The number of rotatable bonds is 5. The van der Waals surface area contributed by atoms with Gasteiger partial charge in [0.05, 0.1) is 6.54 Å². The number of aromatic nitrogens is 2. The molecule has 0 spiro atoms. The molecule has 7 heteroatoms. The molecule has 0 aromatic carbocycles. The van der Waals surface area contributed by atoms with Gasteiger partial charge in [0.2, 0.25) is 5.91 Å². The number of carbonyl (C=O) groups excluding carboxylic acids is 1. The van der Waals surface area contributed by atoms with E-state index in [1.165, 1.54) is 0 Å². The lowest BCUT2D eigenvalue weighted by Crippen LogP contribution is -2.46. The van der Waals surface area contributed by atoms with Crippen LogP contribution in [0.5, 0.6) is 0 Å². The van der Waals surface area contributed by atoms with Gasteiger partial charge in [-0.15, -0.1) is 0 Å². The lowest BCUT2D eigenvalue weighted by Gasteiger charge is -2.34. The molecule has 22 heavy (non-hydrogen) atoms. The smallest absolute Gasteiger partial charge is 0.220 e. The highest BCUT2D eigenvalue weighted by Crippen LogP contribution is 2.20. The van der Waals surface area contributed by atoms with Crippen LogP contribution in [-0.4, -0.2) is 60.3 Å². The van der Waals surface area contributed by atoms with Gasteiger partial charge in [0.1, 0.15) is 0 Å². The number of aliphatic imine (C=N–C) groups is 1. The maximum atomic E-state index is 11.4. The van der Waals surface area contributed by atoms with E-state index in [2.05, 4.69) is 25.6 Å². The molecule has 1 aliphatic heterocycles. The van der Waals surface area contributed by atoms with Crippen molar-refractivity contribution >= 4 is 11.9 Å². The van der Waals surface area contributed by atoms with Crippen LogP contribution in [0.4, 0.5) is 0 Å². The van der Waals surface area contributed by atoms with Gasteiger partial charge in [-0.05, 0) is 24.8 Å². The van der Waals surface area contributed by atoms with Gasteiger partial charge < -0.3 is 15.5 Å². The van der Waals surface area contributed by atoms with E-state index in [-0.39, 0.29) is 5.91 Å². The number of hydrogen-bond donors (Lipinski definition) is 2. The summed E-state index contributed by atoms with van der Waals surface area (Å²) in [5.74, 6) is 1.56. The van der Waals surface area contributed by atoms with Crippen LogP contribution in [0, 0.1) is 5.92 Å². The van der Waals surface area contributed by atoms with Crippen molar-refractivity contribution < 1.29 is 4.79 Å². The zero-order chi connectivity index (χ0) is 15.8. The van der Waals surface area contributed by atoms with E-state index in [0.717, 1.165) is 45.0 Å². The van der Waals surface area contributed by atoms with E-state index < -0.39 is 0 Å². The minimum Gasteiger partial charge on any atom is -0.359 e. The summed E-state index contributed by atoms with van der Waals surface area (Å²) in [7, 11) is 3.51. The largest absolute Gasteiger partial charge is 0.359 e. The molecule has 0 aliphatic carbocycles. The van der Waals surface area contributed by atoms with Crippen LogP contribution in [0.3, 0.4) is 0 Å².